The molecule has 0 aliphatic rings. The third kappa shape index (κ3) is 3.26. The largest absolute Gasteiger partial charge is 0.424 e. The lowest BCUT2D eigenvalue weighted by molar-refractivity contribution is 0.440. The number of ether oxygens (including phenoxy) is 1. The first-order chi connectivity index (χ1) is 8.29. The number of aromatic nitrogens is 2. The maximum absolute atomic E-state index is 5.64. The van der Waals surface area contributed by atoms with E-state index in [2.05, 4.69) is 32.6 Å². The molecule has 17 heavy (non-hydrogen) atoms. The van der Waals surface area contributed by atoms with Crippen LogP contribution in [0.5, 0.6) is 11.8 Å². The van der Waals surface area contributed by atoms with Gasteiger partial charge in [0, 0.05) is 21.5 Å². The van der Waals surface area contributed by atoms with E-state index in [0.29, 0.717) is 6.01 Å². The van der Waals surface area contributed by atoms with Crippen LogP contribution in [0, 0.1) is 3.57 Å². The molecule has 0 unspecified atom stereocenters. The summed E-state index contributed by atoms with van der Waals surface area (Å²) in [6, 6.07) is 8.15. The highest BCUT2D eigenvalue weighted by atomic mass is 127. The second-order valence-electron chi connectivity index (χ2n) is 3.32. The first-order valence-corrected chi connectivity index (χ1v) is 6.24. The summed E-state index contributed by atoms with van der Waals surface area (Å²) in [7, 11) is 0. The Labute approximate surface area is 114 Å². The number of benzene rings is 1. The highest BCUT2D eigenvalue weighted by molar-refractivity contribution is 14.1. The first kappa shape index (κ1) is 12.0. The minimum atomic E-state index is 0.363. The minimum Gasteiger partial charge on any atom is -0.424 e. The Bertz CT molecular complexity index is 523. The fraction of sp³-hybridized carbons (Fsp3) is 0.0769. The first-order valence-electron chi connectivity index (χ1n) is 5.16. The van der Waals surface area contributed by atoms with Gasteiger partial charge in [0.2, 0.25) is 0 Å². The van der Waals surface area contributed by atoms with E-state index in [0.717, 1.165) is 14.9 Å². The quantitative estimate of drug-likeness (QED) is 0.796. The van der Waals surface area contributed by atoms with E-state index in [1.165, 1.54) is 0 Å². The Kier molecular flexibility index (Phi) is 4.08. The predicted octanol–water partition coefficient (Wildman–Crippen LogP) is 3.91. The van der Waals surface area contributed by atoms with Crippen molar-refractivity contribution in [3.05, 3.63) is 51.9 Å². The predicted molar refractivity (Wildman–Crippen MR) is 76.0 cm³/mol. The van der Waals surface area contributed by atoms with Crippen molar-refractivity contribution in [2.24, 2.45) is 0 Å². The topological polar surface area (TPSA) is 35.0 Å². The number of para-hydroxylation sites is 1. The van der Waals surface area contributed by atoms with Gasteiger partial charge >= 0.3 is 6.01 Å². The van der Waals surface area contributed by atoms with Crippen molar-refractivity contribution >= 4 is 28.7 Å². The van der Waals surface area contributed by atoms with Gasteiger partial charge in [-0.15, -0.1) is 0 Å². The van der Waals surface area contributed by atoms with Crippen molar-refractivity contribution in [3.8, 4) is 11.8 Å². The molecule has 2 rings (SSSR count). The van der Waals surface area contributed by atoms with E-state index >= 15 is 0 Å². The second kappa shape index (κ2) is 5.77. The molecule has 0 amide bonds. The lowest BCUT2D eigenvalue weighted by Crippen LogP contribution is -1.93. The van der Waals surface area contributed by atoms with Crippen LogP contribution in [0.3, 0.4) is 0 Å². The molecule has 0 fully saturated rings. The summed E-state index contributed by atoms with van der Waals surface area (Å²) >= 11 is 2.16. The molecular formula is C13H11IN2O. The fourth-order valence-electron chi connectivity index (χ4n) is 1.34. The molecule has 0 saturated heterocycles. The Morgan fingerprint density at radius 2 is 1.88 bits per heavy atom. The van der Waals surface area contributed by atoms with Gasteiger partial charge in [-0.2, -0.15) is 0 Å². The van der Waals surface area contributed by atoms with Gasteiger partial charge in [0.1, 0.15) is 5.75 Å². The van der Waals surface area contributed by atoms with Crippen LogP contribution in [-0.4, -0.2) is 9.97 Å². The van der Waals surface area contributed by atoms with Gasteiger partial charge < -0.3 is 4.74 Å². The van der Waals surface area contributed by atoms with Crippen molar-refractivity contribution in [3.63, 3.8) is 0 Å². The normalized spacial score (nSPS) is 10.7. The van der Waals surface area contributed by atoms with Gasteiger partial charge in [0.05, 0.1) is 0 Å². The van der Waals surface area contributed by atoms with Crippen LogP contribution < -0.4 is 4.74 Å². The van der Waals surface area contributed by atoms with Gasteiger partial charge in [-0.3, -0.25) is 0 Å². The van der Waals surface area contributed by atoms with Gasteiger partial charge in [-0.25, -0.2) is 9.97 Å². The van der Waals surface area contributed by atoms with Crippen LogP contribution in [0.1, 0.15) is 12.5 Å². The molecule has 1 aromatic carbocycles. The van der Waals surface area contributed by atoms with Gasteiger partial charge in [-0.1, -0.05) is 30.4 Å². The molecule has 0 aliphatic heterocycles. The van der Waals surface area contributed by atoms with Crippen molar-refractivity contribution in [1.82, 2.24) is 9.97 Å². The van der Waals surface area contributed by atoms with E-state index in [1.54, 1.807) is 12.4 Å². The second-order valence-corrected chi connectivity index (χ2v) is 4.57. The Morgan fingerprint density at radius 1 is 1.18 bits per heavy atom. The molecule has 0 atom stereocenters. The molecular weight excluding hydrogens is 327 g/mol. The third-order valence-corrected chi connectivity index (χ3v) is 2.62. The molecule has 1 heterocycles. The summed E-state index contributed by atoms with van der Waals surface area (Å²) in [6.07, 6.45) is 7.40. The standard InChI is InChI=1S/C13H11IN2O/c1-2-5-10-6-3-4-7-12(10)17-13-15-8-11(14)9-16-13/h2-9H,1H3/b5-2+. The molecule has 1 aromatic heterocycles. The van der Waals surface area contributed by atoms with Crippen molar-refractivity contribution in [2.75, 3.05) is 0 Å². The number of hydrogen-bond donors (Lipinski definition) is 0. The van der Waals surface area contributed by atoms with Crippen molar-refractivity contribution < 1.29 is 4.74 Å². The van der Waals surface area contributed by atoms with Gasteiger partial charge in [0.15, 0.2) is 0 Å². The molecule has 0 aliphatic carbocycles. The zero-order valence-corrected chi connectivity index (χ0v) is 11.5. The highest BCUT2D eigenvalue weighted by Crippen LogP contribution is 2.23. The lowest BCUT2D eigenvalue weighted by atomic mass is 10.2. The van der Waals surface area contributed by atoms with Gasteiger partial charge in [0.25, 0.3) is 0 Å². The molecule has 86 valence electrons. The van der Waals surface area contributed by atoms with Crippen LogP contribution >= 0.6 is 22.6 Å². The summed E-state index contributed by atoms with van der Waals surface area (Å²) in [5.41, 5.74) is 1.01. The number of nitrogens with zero attached hydrogens (tertiary/aromatic N) is 2. The average molecular weight is 338 g/mol. The van der Waals surface area contributed by atoms with Crippen LogP contribution in [0.25, 0.3) is 6.08 Å². The summed E-state index contributed by atoms with van der Waals surface area (Å²) in [5.74, 6) is 0.756. The Morgan fingerprint density at radius 3 is 2.59 bits per heavy atom. The van der Waals surface area contributed by atoms with Gasteiger partial charge in [-0.05, 0) is 35.6 Å². The van der Waals surface area contributed by atoms with Crippen LogP contribution in [0.4, 0.5) is 0 Å². The minimum absolute atomic E-state index is 0.363. The van der Waals surface area contributed by atoms with Crippen molar-refractivity contribution in [2.45, 2.75) is 6.92 Å². The average Bonchev–Trinajstić information content (AvgIpc) is 2.35. The summed E-state index contributed by atoms with van der Waals surface area (Å²) in [6.45, 7) is 1.97. The van der Waals surface area contributed by atoms with Crippen LogP contribution in [-0.2, 0) is 0 Å². The molecule has 0 radical (unpaired) electrons. The lowest BCUT2D eigenvalue weighted by Gasteiger charge is -2.06. The van der Waals surface area contributed by atoms with Crippen LogP contribution in [0.2, 0.25) is 0 Å². The molecule has 0 spiro atoms. The number of allylic oxidation sites excluding steroid dienone is 1. The number of halogens is 1. The zero-order chi connectivity index (χ0) is 12.1. The summed E-state index contributed by atoms with van der Waals surface area (Å²) in [4.78, 5) is 8.22. The smallest absolute Gasteiger partial charge is 0.321 e. The highest BCUT2D eigenvalue weighted by Gasteiger charge is 2.03. The molecule has 0 saturated carbocycles. The summed E-state index contributed by atoms with van der Waals surface area (Å²) in [5, 5.41) is 0. The third-order valence-electron chi connectivity index (χ3n) is 2.06. The maximum atomic E-state index is 5.64. The summed E-state index contributed by atoms with van der Waals surface area (Å²) < 4.78 is 6.62. The molecule has 3 nitrogen and oxygen atoms in total. The molecule has 0 bridgehead atoms. The SMILES string of the molecule is C/C=C/c1ccccc1Oc1ncc(I)cn1. The Balaban J connectivity index is 2.26. The van der Waals surface area contributed by atoms with Crippen LogP contribution in [0.15, 0.2) is 42.7 Å². The van der Waals surface area contributed by atoms with E-state index in [-0.39, 0.29) is 0 Å². The fourth-order valence-corrected chi connectivity index (χ4v) is 1.62. The molecule has 0 N–H and O–H groups in total. The Hall–Kier alpha value is -1.43. The maximum Gasteiger partial charge on any atom is 0.321 e. The monoisotopic (exact) mass is 338 g/mol. The molecule has 4 heteroatoms. The van der Waals surface area contributed by atoms with E-state index in [4.69, 9.17) is 4.74 Å². The molecule has 2 aromatic rings. The van der Waals surface area contributed by atoms with E-state index in [1.807, 2.05) is 43.3 Å². The number of rotatable bonds is 3. The van der Waals surface area contributed by atoms with E-state index < -0.39 is 0 Å². The van der Waals surface area contributed by atoms with Crippen molar-refractivity contribution in [1.29, 1.82) is 0 Å². The number of hydrogen-bond acceptors (Lipinski definition) is 3. The zero-order valence-electron chi connectivity index (χ0n) is 9.30. The van der Waals surface area contributed by atoms with E-state index in [9.17, 15) is 0 Å².